The topological polar surface area (TPSA) is 65.0 Å². The fourth-order valence-corrected chi connectivity index (χ4v) is 2.75. The summed E-state index contributed by atoms with van der Waals surface area (Å²) in [5, 5.41) is 12.7. The summed E-state index contributed by atoms with van der Waals surface area (Å²) in [4.78, 5) is 16.2. The predicted octanol–water partition coefficient (Wildman–Crippen LogP) is 2.43. The fraction of sp³-hybridized carbons (Fsp3) is 0.611. The third-order valence-corrected chi connectivity index (χ3v) is 3.91. The van der Waals surface area contributed by atoms with Gasteiger partial charge in [-0.25, -0.2) is 4.79 Å². The Kier molecular flexibility index (Phi) is 6.31. The number of ether oxygens (including phenoxy) is 1. The van der Waals surface area contributed by atoms with Crippen molar-refractivity contribution in [1.82, 2.24) is 10.2 Å². The molecule has 134 valence electrons. The van der Waals surface area contributed by atoms with Crippen molar-refractivity contribution in [2.24, 2.45) is 0 Å². The van der Waals surface area contributed by atoms with E-state index in [2.05, 4.69) is 15.1 Å². The Bertz CT molecular complexity index is 535. The zero-order valence-corrected chi connectivity index (χ0v) is 14.9. The first-order valence-corrected chi connectivity index (χ1v) is 8.57. The number of hydrogen-bond acceptors (Lipinski definition) is 5. The minimum atomic E-state index is -0.455. The predicted molar refractivity (Wildman–Crippen MR) is 95.6 cm³/mol. The van der Waals surface area contributed by atoms with Gasteiger partial charge in [0.2, 0.25) is 0 Å². The Balaban J connectivity index is 1.64. The van der Waals surface area contributed by atoms with E-state index in [9.17, 15) is 9.90 Å². The number of anilines is 1. The molecule has 1 aromatic carbocycles. The van der Waals surface area contributed by atoms with Gasteiger partial charge in [-0.1, -0.05) is 12.1 Å². The average molecular weight is 335 g/mol. The Labute approximate surface area is 144 Å². The molecule has 0 aromatic heterocycles. The van der Waals surface area contributed by atoms with Crippen LogP contribution >= 0.6 is 0 Å². The van der Waals surface area contributed by atoms with Crippen LogP contribution in [-0.2, 0) is 4.74 Å². The molecule has 6 nitrogen and oxygen atoms in total. The van der Waals surface area contributed by atoms with Crippen LogP contribution in [0.1, 0.15) is 27.2 Å². The van der Waals surface area contributed by atoms with E-state index < -0.39 is 5.60 Å². The van der Waals surface area contributed by atoms with Gasteiger partial charge in [-0.3, -0.25) is 4.90 Å². The van der Waals surface area contributed by atoms with Crippen molar-refractivity contribution >= 4 is 11.8 Å². The van der Waals surface area contributed by atoms with E-state index in [-0.39, 0.29) is 6.09 Å². The number of hydrogen-bond donors (Lipinski definition) is 2. The second-order valence-electron chi connectivity index (χ2n) is 7.10. The van der Waals surface area contributed by atoms with Gasteiger partial charge >= 0.3 is 6.09 Å². The Hall–Kier alpha value is -1.95. The number of rotatable bonds is 5. The second-order valence-corrected chi connectivity index (χ2v) is 7.10. The molecule has 0 spiro atoms. The Morgan fingerprint density at radius 1 is 1.21 bits per heavy atom. The number of carbonyl (C=O) groups excluding carboxylic acids is 1. The number of nitrogens with one attached hydrogen (secondary N) is 1. The molecule has 1 aromatic rings. The van der Waals surface area contributed by atoms with Gasteiger partial charge in [0.05, 0.1) is 5.69 Å². The van der Waals surface area contributed by atoms with E-state index >= 15 is 0 Å². The zero-order valence-electron chi connectivity index (χ0n) is 14.9. The second kappa shape index (κ2) is 8.24. The normalized spacial score (nSPS) is 16.0. The maximum absolute atomic E-state index is 11.6. The largest absolute Gasteiger partial charge is 0.506 e. The van der Waals surface area contributed by atoms with Gasteiger partial charge < -0.3 is 20.1 Å². The molecule has 1 aliphatic rings. The van der Waals surface area contributed by atoms with Crippen LogP contribution in [0, 0.1) is 0 Å². The van der Waals surface area contributed by atoms with E-state index in [1.165, 1.54) is 0 Å². The fourth-order valence-electron chi connectivity index (χ4n) is 2.75. The molecule has 1 aliphatic heterocycles. The molecule has 0 bridgehead atoms. The van der Waals surface area contributed by atoms with Crippen molar-refractivity contribution in [1.29, 1.82) is 0 Å². The lowest BCUT2D eigenvalue weighted by molar-refractivity contribution is 0.0525. The average Bonchev–Trinajstić information content (AvgIpc) is 2.51. The standard InChI is InChI=1S/C18H29N3O3/c1-18(2,3)24-17(23)19-9-6-10-20-11-13-21(14-12-20)15-7-4-5-8-16(15)22/h4-5,7-8,22H,6,9-14H2,1-3H3,(H,19,23). The van der Waals surface area contributed by atoms with Crippen molar-refractivity contribution in [2.45, 2.75) is 32.8 Å². The number of para-hydroxylation sites is 2. The first kappa shape index (κ1) is 18.4. The highest BCUT2D eigenvalue weighted by Crippen LogP contribution is 2.27. The van der Waals surface area contributed by atoms with E-state index in [1.807, 2.05) is 39.0 Å². The number of benzene rings is 1. The van der Waals surface area contributed by atoms with Crippen molar-refractivity contribution in [2.75, 3.05) is 44.2 Å². The van der Waals surface area contributed by atoms with Gasteiger partial charge in [0.15, 0.2) is 0 Å². The molecule has 1 saturated heterocycles. The van der Waals surface area contributed by atoms with Crippen molar-refractivity contribution < 1.29 is 14.6 Å². The number of piperazine rings is 1. The molecule has 1 heterocycles. The lowest BCUT2D eigenvalue weighted by Gasteiger charge is -2.36. The van der Waals surface area contributed by atoms with E-state index in [0.29, 0.717) is 12.3 Å². The Morgan fingerprint density at radius 2 is 1.88 bits per heavy atom. The number of phenols is 1. The van der Waals surface area contributed by atoms with Crippen LogP contribution in [0.15, 0.2) is 24.3 Å². The quantitative estimate of drug-likeness (QED) is 0.809. The summed E-state index contributed by atoms with van der Waals surface area (Å²) >= 11 is 0. The zero-order chi connectivity index (χ0) is 17.6. The van der Waals surface area contributed by atoms with E-state index in [4.69, 9.17) is 4.74 Å². The first-order chi connectivity index (χ1) is 11.3. The van der Waals surface area contributed by atoms with Crippen LogP contribution in [0.3, 0.4) is 0 Å². The molecule has 1 amide bonds. The van der Waals surface area contributed by atoms with Crippen LogP contribution in [0.5, 0.6) is 5.75 Å². The molecule has 2 rings (SSSR count). The number of phenolic OH excluding ortho intramolecular Hbond substituents is 1. The van der Waals surface area contributed by atoms with Gasteiger partial charge in [0.25, 0.3) is 0 Å². The molecule has 2 N–H and O–H groups in total. The molecule has 0 radical (unpaired) electrons. The molecule has 24 heavy (non-hydrogen) atoms. The van der Waals surface area contributed by atoms with Crippen LogP contribution in [0.2, 0.25) is 0 Å². The minimum absolute atomic E-state index is 0.340. The molecule has 0 aliphatic carbocycles. The summed E-state index contributed by atoms with van der Waals surface area (Å²) in [6.07, 6.45) is 0.544. The van der Waals surface area contributed by atoms with E-state index in [1.54, 1.807) is 6.07 Å². The molecule has 0 unspecified atom stereocenters. The third kappa shape index (κ3) is 5.92. The number of aromatic hydroxyl groups is 1. The summed E-state index contributed by atoms with van der Waals surface area (Å²) in [5.74, 6) is 0.340. The molecular weight excluding hydrogens is 306 g/mol. The maximum atomic E-state index is 11.6. The molecule has 0 saturated carbocycles. The number of nitrogens with zero attached hydrogens (tertiary/aromatic N) is 2. The highest BCUT2D eigenvalue weighted by Gasteiger charge is 2.19. The lowest BCUT2D eigenvalue weighted by atomic mass is 10.2. The van der Waals surface area contributed by atoms with Crippen LogP contribution in [0.25, 0.3) is 0 Å². The highest BCUT2D eigenvalue weighted by molar-refractivity contribution is 5.67. The summed E-state index contributed by atoms with van der Waals surface area (Å²) in [6.45, 7) is 10.9. The maximum Gasteiger partial charge on any atom is 0.407 e. The van der Waals surface area contributed by atoms with Gasteiger partial charge in [-0.15, -0.1) is 0 Å². The lowest BCUT2D eigenvalue weighted by Crippen LogP contribution is -2.47. The van der Waals surface area contributed by atoms with Crippen molar-refractivity contribution in [3.63, 3.8) is 0 Å². The number of carbonyl (C=O) groups is 1. The summed E-state index contributed by atoms with van der Waals surface area (Å²) in [7, 11) is 0. The molecule has 1 fully saturated rings. The Morgan fingerprint density at radius 3 is 2.50 bits per heavy atom. The third-order valence-electron chi connectivity index (χ3n) is 3.91. The summed E-state index contributed by atoms with van der Waals surface area (Å²) in [5.41, 5.74) is 0.451. The minimum Gasteiger partial charge on any atom is -0.506 e. The molecular formula is C18H29N3O3. The summed E-state index contributed by atoms with van der Waals surface area (Å²) in [6, 6.07) is 7.47. The number of amides is 1. The van der Waals surface area contributed by atoms with Gasteiger partial charge in [-0.05, 0) is 45.9 Å². The highest BCUT2D eigenvalue weighted by atomic mass is 16.6. The molecule has 6 heteroatoms. The smallest absolute Gasteiger partial charge is 0.407 e. The first-order valence-electron chi connectivity index (χ1n) is 8.57. The SMILES string of the molecule is CC(C)(C)OC(=O)NCCCN1CCN(c2ccccc2O)CC1. The van der Waals surface area contributed by atoms with Crippen molar-refractivity contribution in [3.05, 3.63) is 24.3 Å². The van der Waals surface area contributed by atoms with Crippen molar-refractivity contribution in [3.8, 4) is 5.75 Å². The van der Waals surface area contributed by atoms with Crippen LogP contribution in [-0.4, -0.2) is 61.0 Å². The monoisotopic (exact) mass is 335 g/mol. The van der Waals surface area contributed by atoms with E-state index in [0.717, 1.165) is 44.8 Å². The number of alkyl carbamates (subject to hydrolysis) is 1. The summed E-state index contributed by atoms with van der Waals surface area (Å²) < 4.78 is 5.21. The van der Waals surface area contributed by atoms with Crippen LogP contribution in [0.4, 0.5) is 10.5 Å². The van der Waals surface area contributed by atoms with Crippen LogP contribution < -0.4 is 10.2 Å². The van der Waals surface area contributed by atoms with Gasteiger partial charge in [0, 0.05) is 32.7 Å². The van der Waals surface area contributed by atoms with Gasteiger partial charge in [0.1, 0.15) is 11.4 Å². The molecule has 0 atom stereocenters. The van der Waals surface area contributed by atoms with Gasteiger partial charge in [-0.2, -0.15) is 0 Å².